The van der Waals surface area contributed by atoms with Gasteiger partial charge in [0.2, 0.25) is 0 Å². The van der Waals surface area contributed by atoms with E-state index in [1.807, 2.05) is 12.1 Å². The second-order valence-electron chi connectivity index (χ2n) is 7.29. The van der Waals surface area contributed by atoms with Gasteiger partial charge in [0, 0.05) is 24.7 Å². The maximum Gasteiger partial charge on any atom is 0.286 e. The van der Waals surface area contributed by atoms with Crippen molar-refractivity contribution in [1.29, 1.82) is 0 Å². The van der Waals surface area contributed by atoms with Gasteiger partial charge in [-0.25, -0.2) is 4.39 Å². The van der Waals surface area contributed by atoms with E-state index in [4.69, 9.17) is 4.42 Å². The van der Waals surface area contributed by atoms with Gasteiger partial charge < -0.3 is 9.73 Å². The van der Waals surface area contributed by atoms with E-state index in [-0.39, 0.29) is 17.8 Å². The summed E-state index contributed by atoms with van der Waals surface area (Å²) >= 11 is 0. The van der Waals surface area contributed by atoms with Gasteiger partial charge in [0.05, 0.1) is 6.54 Å². The van der Waals surface area contributed by atoms with Gasteiger partial charge in [-0.2, -0.15) is 0 Å². The molecule has 0 unspecified atom stereocenters. The van der Waals surface area contributed by atoms with Gasteiger partial charge in [-0.1, -0.05) is 32.0 Å². The topological polar surface area (TPSA) is 45.5 Å². The largest absolute Gasteiger partial charge is 0.455 e. The smallest absolute Gasteiger partial charge is 0.286 e. The van der Waals surface area contributed by atoms with Crippen LogP contribution in [0, 0.1) is 11.7 Å². The molecule has 5 heteroatoms. The first kappa shape index (κ1) is 20.2. The van der Waals surface area contributed by atoms with Gasteiger partial charge >= 0.3 is 0 Å². The van der Waals surface area contributed by atoms with Crippen molar-refractivity contribution in [3.05, 3.63) is 59.3 Å². The van der Waals surface area contributed by atoms with E-state index in [1.54, 1.807) is 18.2 Å². The summed E-state index contributed by atoms with van der Waals surface area (Å²) in [5.74, 6) is 1.16. The lowest BCUT2D eigenvalue weighted by molar-refractivity contribution is 0.0919. The van der Waals surface area contributed by atoms with Crippen LogP contribution < -0.4 is 5.32 Å². The first-order valence-electron chi connectivity index (χ1n) is 9.21. The predicted octanol–water partition coefficient (Wildman–Crippen LogP) is 4.61. The van der Waals surface area contributed by atoms with Gasteiger partial charge in [-0.05, 0) is 44.4 Å². The van der Waals surface area contributed by atoms with Gasteiger partial charge in [-0.15, -0.1) is 0 Å². The Morgan fingerprint density at radius 1 is 1.12 bits per heavy atom. The van der Waals surface area contributed by atoms with Crippen LogP contribution in [0.25, 0.3) is 0 Å². The molecule has 26 heavy (non-hydrogen) atoms. The molecule has 1 aromatic carbocycles. The highest BCUT2D eigenvalue weighted by atomic mass is 19.1. The molecule has 142 valence electrons. The van der Waals surface area contributed by atoms with E-state index in [2.05, 4.69) is 37.9 Å². The normalized spacial score (nSPS) is 11.5. The fourth-order valence-electron chi connectivity index (χ4n) is 2.61. The summed E-state index contributed by atoms with van der Waals surface area (Å²) in [6.07, 6.45) is 0.934. The highest BCUT2D eigenvalue weighted by Crippen LogP contribution is 2.17. The lowest BCUT2D eigenvalue weighted by Crippen LogP contribution is -2.30. The Labute approximate surface area is 155 Å². The standard InChI is InChI=1S/C21H29FN2O2/c1-15(2)11-12-23-21(25)20-10-9-18(26-20)14-24(16(3)4)13-17-7-5-6-8-19(17)22/h5-10,15-16H,11-14H2,1-4H3,(H,23,25). The third kappa shape index (κ3) is 5.99. The van der Waals surface area contributed by atoms with E-state index in [9.17, 15) is 9.18 Å². The van der Waals surface area contributed by atoms with Crippen LogP contribution in [-0.2, 0) is 13.1 Å². The predicted molar refractivity (Wildman–Crippen MR) is 101 cm³/mol. The molecule has 2 rings (SSSR count). The lowest BCUT2D eigenvalue weighted by Gasteiger charge is -2.25. The van der Waals surface area contributed by atoms with Crippen LogP contribution in [0.15, 0.2) is 40.8 Å². The molecule has 1 amide bonds. The molecule has 0 bridgehead atoms. The molecule has 1 N–H and O–H groups in total. The van der Waals surface area contributed by atoms with Crippen LogP contribution in [0.4, 0.5) is 4.39 Å². The zero-order chi connectivity index (χ0) is 19.1. The number of rotatable bonds is 9. The first-order valence-corrected chi connectivity index (χ1v) is 9.21. The minimum atomic E-state index is -0.206. The molecule has 0 aliphatic rings. The molecule has 2 aromatic rings. The molecule has 1 aromatic heterocycles. The summed E-state index contributed by atoms with van der Waals surface area (Å²) in [7, 11) is 0. The van der Waals surface area contributed by atoms with Gasteiger partial charge in [0.25, 0.3) is 5.91 Å². The molecule has 0 fully saturated rings. The average Bonchev–Trinajstić information content (AvgIpc) is 3.04. The number of benzene rings is 1. The highest BCUT2D eigenvalue weighted by Gasteiger charge is 2.17. The molecule has 0 aliphatic carbocycles. The quantitative estimate of drug-likeness (QED) is 0.710. The van der Waals surface area contributed by atoms with Gasteiger partial charge in [-0.3, -0.25) is 9.69 Å². The van der Waals surface area contributed by atoms with Crippen molar-refractivity contribution in [2.75, 3.05) is 6.54 Å². The minimum absolute atomic E-state index is 0.192. The molecule has 4 nitrogen and oxygen atoms in total. The Bertz CT molecular complexity index is 710. The van der Waals surface area contributed by atoms with Gasteiger partial charge in [0.15, 0.2) is 5.76 Å². The Balaban J connectivity index is 1.98. The molecule has 0 aliphatic heterocycles. The van der Waals surface area contributed by atoms with Crippen molar-refractivity contribution in [2.24, 2.45) is 5.92 Å². The number of nitrogens with one attached hydrogen (secondary N) is 1. The molecule has 0 saturated heterocycles. The number of furan rings is 1. The number of nitrogens with zero attached hydrogens (tertiary/aromatic N) is 1. The van der Waals surface area contributed by atoms with Gasteiger partial charge in [0.1, 0.15) is 11.6 Å². The number of carbonyl (C=O) groups is 1. The molecule has 0 saturated carbocycles. The Hall–Kier alpha value is -2.14. The van der Waals surface area contributed by atoms with Crippen LogP contribution >= 0.6 is 0 Å². The van der Waals surface area contributed by atoms with Crippen molar-refractivity contribution in [3.8, 4) is 0 Å². The summed E-state index contributed by atoms with van der Waals surface area (Å²) in [6.45, 7) is 10.00. The molecular weight excluding hydrogens is 331 g/mol. The zero-order valence-electron chi connectivity index (χ0n) is 16.1. The van der Waals surface area contributed by atoms with E-state index in [0.717, 1.165) is 6.42 Å². The number of halogens is 1. The van der Waals surface area contributed by atoms with E-state index in [1.165, 1.54) is 6.07 Å². The second kappa shape index (κ2) is 9.53. The summed E-state index contributed by atoms with van der Waals surface area (Å²) < 4.78 is 19.6. The molecule has 0 atom stereocenters. The summed E-state index contributed by atoms with van der Waals surface area (Å²) in [4.78, 5) is 14.2. The summed E-state index contributed by atoms with van der Waals surface area (Å²) in [5.41, 5.74) is 0.652. The second-order valence-corrected chi connectivity index (χ2v) is 7.29. The van der Waals surface area contributed by atoms with Crippen LogP contribution in [0.5, 0.6) is 0 Å². The summed E-state index contributed by atoms with van der Waals surface area (Å²) in [5, 5.41) is 2.87. The number of carbonyl (C=O) groups excluding carboxylic acids is 1. The van der Waals surface area contributed by atoms with Crippen LogP contribution in [-0.4, -0.2) is 23.4 Å². The number of hydrogen-bond acceptors (Lipinski definition) is 3. The fraction of sp³-hybridized carbons (Fsp3) is 0.476. The monoisotopic (exact) mass is 360 g/mol. The van der Waals surface area contributed by atoms with E-state index < -0.39 is 0 Å². The Morgan fingerprint density at radius 2 is 1.85 bits per heavy atom. The first-order chi connectivity index (χ1) is 12.4. The Kier molecular flexibility index (Phi) is 7.39. The van der Waals surface area contributed by atoms with Crippen LogP contribution in [0.2, 0.25) is 0 Å². The number of hydrogen-bond donors (Lipinski definition) is 1. The third-order valence-corrected chi connectivity index (χ3v) is 4.31. The Morgan fingerprint density at radius 3 is 2.50 bits per heavy atom. The average molecular weight is 360 g/mol. The van der Waals surface area contributed by atoms with Crippen molar-refractivity contribution >= 4 is 5.91 Å². The van der Waals surface area contributed by atoms with Crippen molar-refractivity contribution < 1.29 is 13.6 Å². The number of amides is 1. The maximum absolute atomic E-state index is 13.9. The zero-order valence-corrected chi connectivity index (χ0v) is 16.1. The fourth-order valence-corrected chi connectivity index (χ4v) is 2.61. The van der Waals surface area contributed by atoms with Crippen molar-refractivity contribution in [1.82, 2.24) is 10.2 Å². The van der Waals surface area contributed by atoms with Crippen LogP contribution in [0.3, 0.4) is 0 Å². The third-order valence-electron chi connectivity index (χ3n) is 4.31. The van der Waals surface area contributed by atoms with E-state index >= 15 is 0 Å². The maximum atomic E-state index is 13.9. The van der Waals surface area contributed by atoms with E-state index in [0.29, 0.717) is 42.6 Å². The molecule has 0 spiro atoms. The molecule has 0 radical (unpaired) electrons. The molecular formula is C21H29FN2O2. The highest BCUT2D eigenvalue weighted by molar-refractivity contribution is 5.91. The SMILES string of the molecule is CC(C)CCNC(=O)c1ccc(CN(Cc2ccccc2F)C(C)C)o1. The van der Waals surface area contributed by atoms with Crippen molar-refractivity contribution in [3.63, 3.8) is 0 Å². The molecule has 1 heterocycles. The lowest BCUT2D eigenvalue weighted by atomic mass is 10.1. The van der Waals surface area contributed by atoms with Crippen LogP contribution in [0.1, 0.15) is 56.0 Å². The van der Waals surface area contributed by atoms with Crippen molar-refractivity contribution in [2.45, 2.75) is 53.2 Å². The summed E-state index contributed by atoms with van der Waals surface area (Å²) in [6, 6.07) is 10.5. The minimum Gasteiger partial charge on any atom is -0.455 e.